The summed E-state index contributed by atoms with van der Waals surface area (Å²) in [6.45, 7) is 3.96. The van der Waals surface area contributed by atoms with Gasteiger partial charge in [0, 0.05) is 6.20 Å². The molecule has 7 heteroatoms. The number of ether oxygens (including phenoxy) is 1. The lowest BCUT2D eigenvalue weighted by Crippen LogP contribution is -2.14. The fourth-order valence-electron chi connectivity index (χ4n) is 1.19. The normalized spacial score (nSPS) is 11.9. The molecule has 0 atom stereocenters. The summed E-state index contributed by atoms with van der Waals surface area (Å²) in [6.07, 6.45) is 1.55. The molecule has 1 rings (SSSR count). The van der Waals surface area contributed by atoms with Crippen molar-refractivity contribution in [2.75, 3.05) is 12.4 Å². The molecule has 98 valence electrons. The Labute approximate surface area is 118 Å². The van der Waals surface area contributed by atoms with E-state index >= 15 is 0 Å². The number of esters is 1. The van der Waals surface area contributed by atoms with Crippen LogP contribution in [0.25, 0.3) is 5.57 Å². The van der Waals surface area contributed by atoms with Crippen LogP contribution in [0.3, 0.4) is 0 Å². The van der Waals surface area contributed by atoms with Crippen LogP contribution in [0.4, 0.5) is 0 Å². The predicted molar refractivity (Wildman–Crippen MR) is 75.6 cm³/mol. The second-order valence-electron chi connectivity index (χ2n) is 3.10. The summed E-state index contributed by atoms with van der Waals surface area (Å²) in [4.78, 5) is 20.1. The van der Waals surface area contributed by atoms with Crippen LogP contribution >= 0.6 is 27.7 Å². The summed E-state index contributed by atoms with van der Waals surface area (Å²) >= 11 is 4.59. The van der Waals surface area contributed by atoms with Crippen LogP contribution in [0.15, 0.2) is 21.9 Å². The van der Waals surface area contributed by atoms with E-state index in [4.69, 9.17) is 10.5 Å². The zero-order valence-electron chi connectivity index (χ0n) is 10.1. The first-order valence-corrected chi connectivity index (χ1v) is 7.16. The SMILES string of the molecule is CCOC(=O)C(=C(N)SCC)c1nccc(Br)n1. The number of nitrogens with zero attached hydrogens (tertiary/aromatic N) is 2. The Bertz CT molecular complexity index is 465. The van der Waals surface area contributed by atoms with Crippen molar-refractivity contribution in [3.8, 4) is 0 Å². The summed E-state index contributed by atoms with van der Waals surface area (Å²) in [5, 5.41) is 0.369. The van der Waals surface area contributed by atoms with E-state index < -0.39 is 5.97 Å². The van der Waals surface area contributed by atoms with E-state index in [1.807, 2.05) is 6.92 Å². The molecule has 2 N–H and O–H groups in total. The Morgan fingerprint density at radius 1 is 1.56 bits per heavy atom. The fraction of sp³-hybridized carbons (Fsp3) is 0.364. The van der Waals surface area contributed by atoms with Crippen molar-refractivity contribution in [1.29, 1.82) is 0 Å². The highest BCUT2D eigenvalue weighted by Crippen LogP contribution is 2.23. The van der Waals surface area contributed by atoms with Crippen LogP contribution in [-0.2, 0) is 9.53 Å². The number of hydrogen-bond donors (Lipinski definition) is 1. The van der Waals surface area contributed by atoms with Crippen LogP contribution in [-0.4, -0.2) is 28.3 Å². The second kappa shape index (κ2) is 7.38. The van der Waals surface area contributed by atoms with Crippen LogP contribution in [0.2, 0.25) is 0 Å². The van der Waals surface area contributed by atoms with Crippen molar-refractivity contribution in [2.24, 2.45) is 5.73 Å². The highest BCUT2D eigenvalue weighted by molar-refractivity contribution is 9.10. The third-order valence-corrected chi connectivity index (χ3v) is 3.12. The monoisotopic (exact) mass is 331 g/mol. The zero-order valence-corrected chi connectivity index (χ0v) is 12.5. The summed E-state index contributed by atoms with van der Waals surface area (Å²) in [5.74, 6) is 0.512. The summed E-state index contributed by atoms with van der Waals surface area (Å²) < 4.78 is 5.57. The minimum absolute atomic E-state index is 0.213. The smallest absolute Gasteiger partial charge is 0.344 e. The molecule has 0 aliphatic heterocycles. The summed E-state index contributed by atoms with van der Waals surface area (Å²) in [6, 6.07) is 1.68. The van der Waals surface area contributed by atoms with Gasteiger partial charge in [-0.05, 0) is 34.7 Å². The number of halogens is 1. The maximum absolute atomic E-state index is 11.9. The Balaban J connectivity index is 3.20. The number of thioether (sulfide) groups is 1. The third-order valence-electron chi connectivity index (χ3n) is 1.87. The van der Waals surface area contributed by atoms with E-state index in [9.17, 15) is 4.79 Å². The van der Waals surface area contributed by atoms with Crippen molar-refractivity contribution >= 4 is 39.2 Å². The molecule has 18 heavy (non-hydrogen) atoms. The van der Waals surface area contributed by atoms with E-state index in [0.717, 1.165) is 5.75 Å². The maximum Gasteiger partial charge on any atom is 0.344 e. The van der Waals surface area contributed by atoms with Gasteiger partial charge in [0.1, 0.15) is 10.2 Å². The third kappa shape index (κ3) is 3.99. The largest absolute Gasteiger partial charge is 0.462 e. The first kappa shape index (κ1) is 15.0. The fourth-order valence-corrected chi connectivity index (χ4v) is 2.11. The molecule has 0 saturated carbocycles. The van der Waals surface area contributed by atoms with Gasteiger partial charge < -0.3 is 10.5 Å². The average molecular weight is 332 g/mol. The summed E-state index contributed by atoms with van der Waals surface area (Å²) in [5.41, 5.74) is 6.10. The molecular formula is C11H14BrN3O2S. The quantitative estimate of drug-likeness (QED) is 0.506. The molecule has 1 heterocycles. The van der Waals surface area contributed by atoms with Crippen molar-refractivity contribution in [3.05, 3.63) is 27.7 Å². The minimum Gasteiger partial charge on any atom is -0.462 e. The second-order valence-corrected chi connectivity index (χ2v) is 5.21. The van der Waals surface area contributed by atoms with Gasteiger partial charge in [-0.25, -0.2) is 14.8 Å². The zero-order chi connectivity index (χ0) is 13.5. The van der Waals surface area contributed by atoms with E-state index in [1.54, 1.807) is 19.2 Å². The van der Waals surface area contributed by atoms with Crippen LogP contribution in [0.1, 0.15) is 19.7 Å². The number of hydrogen-bond acceptors (Lipinski definition) is 6. The molecule has 0 radical (unpaired) electrons. The highest BCUT2D eigenvalue weighted by Gasteiger charge is 2.20. The number of carbonyl (C=O) groups is 1. The van der Waals surface area contributed by atoms with Gasteiger partial charge in [0.15, 0.2) is 5.82 Å². The molecule has 1 aromatic rings. The van der Waals surface area contributed by atoms with Gasteiger partial charge in [-0.2, -0.15) is 0 Å². The molecular weight excluding hydrogens is 318 g/mol. The van der Waals surface area contributed by atoms with Crippen molar-refractivity contribution in [1.82, 2.24) is 9.97 Å². The number of carbonyl (C=O) groups excluding carboxylic acids is 1. The molecule has 0 aliphatic rings. The molecule has 0 unspecified atom stereocenters. The van der Waals surface area contributed by atoms with Crippen molar-refractivity contribution in [3.63, 3.8) is 0 Å². The van der Waals surface area contributed by atoms with Gasteiger partial charge in [-0.1, -0.05) is 6.92 Å². The average Bonchev–Trinajstić information content (AvgIpc) is 2.30. The lowest BCUT2D eigenvalue weighted by molar-refractivity contribution is -0.136. The molecule has 0 aromatic carbocycles. The Morgan fingerprint density at radius 2 is 2.28 bits per heavy atom. The lowest BCUT2D eigenvalue weighted by Gasteiger charge is -2.09. The van der Waals surface area contributed by atoms with Crippen LogP contribution < -0.4 is 5.73 Å². The Hall–Kier alpha value is -1.08. The molecule has 0 aliphatic carbocycles. The van der Waals surface area contributed by atoms with Crippen LogP contribution in [0.5, 0.6) is 0 Å². The Morgan fingerprint density at radius 3 is 2.83 bits per heavy atom. The van der Waals surface area contributed by atoms with Gasteiger partial charge in [0.05, 0.1) is 11.6 Å². The van der Waals surface area contributed by atoms with Crippen molar-refractivity contribution < 1.29 is 9.53 Å². The Kier molecular flexibility index (Phi) is 6.14. The minimum atomic E-state index is -0.506. The van der Waals surface area contributed by atoms with Gasteiger partial charge >= 0.3 is 5.97 Å². The van der Waals surface area contributed by atoms with Gasteiger partial charge in [0.2, 0.25) is 0 Å². The van der Waals surface area contributed by atoms with Gasteiger partial charge in [-0.3, -0.25) is 0 Å². The first-order chi connectivity index (χ1) is 8.60. The standard InChI is InChI=1S/C11H14BrN3O2S/c1-3-17-11(16)8(9(13)18-4-2)10-14-6-5-7(12)15-10/h5-6H,3-4,13H2,1-2H3. The number of rotatable bonds is 5. The number of aromatic nitrogens is 2. The first-order valence-electron chi connectivity index (χ1n) is 5.38. The predicted octanol–water partition coefficient (Wildman–Crippen LogP) is 2.18. The molecule has 0 saturated heterocycles. The lowest BCUT2D eigenvalue weighted by atomic mass is 10.2. The molecule has 0 fully saturated rings. The molecule has 0 bridgehead atoms. The number of nitrogens with two attached hydrogens (primary N) is 1. The van der Waals surface area contributed by atoms with Crippen molar-refractivity contribution in [2.45, 2.75) is 13.8 Å². The molecule has 1 aromatic heterocycles. The van der Waals surface area contributed by atoms with E-state index in [2.05, 4.69) is 25.9 Å². The highest BCUT2D eigenvalue weighted by atomic mass is 79.9. The molecule has 0 amide bonds. The summed E-state index contributed by atoms with van der Waals surface area (Å²) in [7, 11) is 0. The maximum atomic E-state index is 11.9. The molecule has 0 spiro atoms. The van der Waals surface area contributed by atoms with Crippen LogP contribution in [0, 0.1) is 0 Å². The van der Waals surface area contributed by atoms with Gasteiger partial charge in [-0.15, -0.1) is 11.8 Å². The van der Waals surface area contributed by atoms with E-state index in [1.165, 1.54) is 11.8 Å². The molecule has 5 nitrogen and oxygen atoms in total. The van der Waals surface area contributed by atoms with E-state index in [-0.39, 0.29) is 18.0 Å². The topological polar surface area (TPSA) is 78.1 Å². The van der Waals surface area contributed by atoms with Gasteiger partial charge in [0.25, 0.3) is 0 Å². The van der Waals surface area contributed by atoms with E-state index in [0.29, 0.717) is 9.63 Å².